The van der Waals surface area contributed by atoms with Crippen molar-refractivity contribution in [2.45, 2.75) is 51.9 Å². The van der Waals surface area contributed by atoms with Crippen molar-refractivity contribution in [3.8, 4) is 0 Å². The molecule has 2 aromatic carbocycles. The van der Waals surface area contributed by atoms with E-state index in [0.717, 1.165) is 33.9 Å². The molecule has 0 radical (unpaired) electrons. The number of allylic oxidation sites excluding steroid dienone is 1. The molecule has 0 saturated carbocycles. The number of hydrogen-bond donors (Lipinski definition) is 0. The second kappa shape index (κ2) is 11.0. The standard InChI is InChI=1S/C23H27BrO/c1-2-3-4-5-6-7-8-19-9-11-20(12-10-19)23(17-18-25)21-13-15-22(24)16-14-21/h9-18H,2-8H2,1H3/b23-17+. The molecule has 0 aromatic heterocycles. The van der Waals surface area contributed by atoms with Crippen molar-refractivity contribution in [2.75, 3.05) is 0 Å². The summed E-state index contributed by atoms with van der Waals surface area (Å²) in [6.45, 7) is 2.25. The number of hydrogen-bond acceptors (Lipinski definition) is 1. The summed E-state index contributed by atoms with van der Waals surface area (Å²) < 4.78 is 1.04. The van der Waals surface area contributed by atoms with Crippen molar-refractivity contribution in [3.63, 3.8) is 0 Å². The van der Waals surface area contributed by atoms with Crippen LogP contribution >= 0.6 is 15.9 Å². The van der Waals surface area contributed by atoms with Crippen LogP contribution in [0.15, 0.2) is 59.1 Å². The predicted molar refractivity (Wildman–Crippen MR) is 111 cm³/mol. The van der Waals surface area contributed by atoms with Crippen molar-refractivity contribution < 1.29 is 4.79 Å². The summed E-state index contributed by atoms with van der Waals surface area (Å²) in [5.74, 6) is 0. The number of carbonyl (C=O) groups excluding carboxylic acids is 1. The second-order valence-electron chi connectivity index (χ2n) is 6.44. The van der Waals surface area contributed by atoms with Crippen molar-refractivity contribution in [1.82, 2.24) is 0 Å². The fraction of sp³-hybridized carbons (Fsp3) is 0.348. The molecular weight excluding hydrogens is 372 g/mol. The van der Waals surface area contributed by atoms with Crippen LogP contribution in [0.4, 0.5) is 0 Å². The fourth-order valence-corrected chi connectivity index (χ4v) is 3.28. The summed E-state index contributed by atoms with van der Waals surface area (Å²) >= 11 is 3.45. The lowest BCUT2D eigenvalue weighted by atomic mass is 9.96. The molecule has 2 aromatic rings. The van der Waals surface area contributed by atoms with Crippen LogP contribution in [-0.2, 0) is 11.2 Å². The highest BCUT2D eigenvalue weighted by Crippen LogP contribution is 2.25. The van der Waals surface area contributed by atoms with Gasteiger partial charge in [-0.1, -0.05) is 91.4 Å². The number of carbonyl (C=O) groups is 1. The molecule has 0 aliphatic rings. The first-order valence-corrected chi connectivity index (χ1v) is 10.0. The summed E-state index contributed by atoms with van der Waals surface area (Å²) in [7, 11) is 0. The molecule has 0 aliphatic carbocycles. The van der Waals surface area contributed by atoms with Crippen molar-refractivity contribution in [3.05, 3.63) is 75.8 Å². The van der Waals surface area contributed by atoms with Gasteiger partial charge in [-0.25, -0.2) is 0 Å². The lowest BCUT2D eigenvalue weighted by Gasteiger charge is -2.09. The van der Waals surface area contributed by atoms with Gasteiger partial charge in [0, 0.05) is 4.47 Å². The molecule has 0 amide bonds. The van der Waals surface area contributed by atoms with E-state index in [1.54, 1.807) is 6.08 Å². The maximum absolute atomic E-state index is 11.1. The van der Waals surface area contributed by atoms with Gasteiger partial charge in [0.2, 0.25) is 0 Å². The highest BCUT2D eigenvalue weighted by molar-refractivity contribution is 9.10. The lowest BCUT2D eigenvalue weighted by Crippen LogP contribution is -1.91. The van der Waals surface area contributed by atoms with E-state index < -0.39 is 0 Å². The van der Waals surface area contributed by atoms with E-state index in [9.17, 15) is 4.79 Å². The summed E-state index contributed by atoms with van der Waals surface area (Å²) in [4.78, 5) is 11.1. The van der Waals surface area contributed by atoms with Crippen LogP contribution in [-0.4, -0.2) is 6.29 Å². The number of benzene rings is 2. The Kier molecular flexibility index (Phi) is 8.68. The second-order valence-corrected chi connectivity index (χ2v) is 7.35. The highest BCUT2D eigenvalue weighted by Gasteiger charge is 2.05. The van der Waals surface area contributed by atoms with Gasteiger partial charge in [-0.2, -0.15) is 0 Å². The van der Waals surface area contributed by atoms with Gasteiger partial charge in [0.1, 0.15) is 6.29 Å². The Balaban J connectivity index is 1.98. The topological polar surface area (TPSA) is 17.1 Å². The Labute approximate surface area is 160 Å². The molecule has 0 atom stereocenters. The van der Waals surface area contributed by atoms with Crippen LogP contribution in [0.1, 0.15) is 62.1 Å². The quantitative estimate of drug-likeness (QED) is 0.239. The minimum Gasteiger partial charge on any atom is -0.299 e. The van der Waals surface area contributed by atoms with Gasteiger partial charge in [0.15, 0.2) is 0 Å². The number of halogens is 1. The Bertz CT molecular complexity index is 668. The molecule has 2 heteroatoms. The summed E-state index contributed by atoms with van der Waals surface area (Å²) in [5, 5.41) is 0. The van der Waals surface area contributed by atoms with Gasteiger partial charge < -0.3 is 0 Å². The zero-order valence-corrected chi connectivity index (χ0v) is 16.6. The number of rotatable bonds is 10. The van der Waals surface area contributed by atoms with E-state index in [0.29, 0.717) is 0 Å². The first kappa shape index (κ1) is 19.7. The fourth-order valence-electron chi connectivity index (χ4n) is 3.02. The molecule has 0 N–H and O–H groups in total. The van der Waals surface area contributed by atoms with Gasteiger partial charge in [0.25, 0.3) is 0 Å². The third-order valence-electron chi connectivity index (χ3n) is 4.47. The minimum absolute atomic E-state index is 0.863. The van der Waals surface area contributed by atoms with E-state index in [1.807, 2.05) is 24.3 Å². The molecule has 0 fully saturated rings. The van der Waals surface area contributed by atoms with Gasteiger partial charge in [-0.3, -0.25) is 4.79 Å². The zero-order valence-electron chi connectivity index (χ0n) is 15.0. The highest BCUT2D eigenvalue weighted by atomic mass is 79.9. The van der Waals surface area contributed by atoms with Crippen molar-refractivity contribution >= 4 is 27.8 Å². The Hall–Kier alpha value is -1.67. The third kappa shape index (κ3) is 6.62. The SMILES string of the molecule is CCCCCCCCc1ccc(/C(=C\C=O)c2ccc(Br)cc2)cc1. The largest absolute Gasteiger partial charge is 0.299 e. The van der Waals surface area contributed by atoms with Crippen LogP contribution in [0.2, 0.25) is 0 Å². The molecule has 0 unspecified atom stereocenters. The third-order valence-corrected chi connectivity index (χ3v) is 5.00. The van der Waals surface area contributed by atoms with E-state index in [1.165, 1.54) is 44.1 Å². The first-order valence-electron chi connectivity index (χ1n) is 9.25. The lowest BCUT2D eigenvalue weighted by molar-refractivity contribution is -0.104. The molecule has 0 bridgehead atoms. The van der Waals surface area contributed by atoms with Gasteiger partial charge in [-0.05, 0) is 53.3 Å². The summed E-state index contributed by atoms with van der Waals surface area (Å²) in [5.41, 5.74) is 4.48. The number of unbranched alkanes of at least 4 members (excludes halogenated alkanes) is 5. The monoisotopic (exact) mass is 398 g/mol. The van der Waals surface area contributed by atoms with Crippen LogP contribution in [0.25, 0.3) is 5.57 Å². The first-order chi connectivity index (χ1) is 12.2. The molecule has 2 rings (SSSR count). The van der Waals surface area contributed by atoms with Crippen molar-refractivity contribution in [2.24, 2.45) is 0 Å². The molecule has 0 saturated heterocycles. The van der Waals surface area contributed by atoms with Gasteiger partial charge >= 0.3 is 0 Å². The van der Waals surface area contributed by atoms with E-state index in [4.69, 9.17) is 0 Å². The molecule has 132 valence electrons. The maximum Gasteiger partial charge on any atom is 0.143 e. The average Bonchev–Trinajstić information content (AvgIpc) is 2.64. The molecule has 0 heterocycles. The molecule has 1 nitrogen and oxygen atoms in total. The van der Waals surface area contributed by atoms with Crippen LogP contribution in [0.3, 0.4) is 0 Å². The average molecular weight is 399 g/mol. The van der Waals surface area contributed by atoms with E-state index >= 15 is 0 Å². The van der Waals surface area contributed by atoms with Crippen LogP contribution < -0.4 is 0 Å². The van der Waals surface area contributed by atoms with Crippen molar-refractivity contribution in [1.29, 1.82) is 0 Å². The Morgan fingerprint density at radius 3 is 2.00 bits per heavy atom. The van der Waals surface area contributed by atoms with E-state index in [2.05, 4.69) is 47.1 Å². The maximum atomic E-state index is 11.1. The Morgan fingerprint density at radius 1 is 0.840 bits per heavy atom. The molecular formula is C23H27BrO. The smallest absolute Gasteiger partial charge is 0.143 e. The predicted octanol–water partition coefficient (Wildman–Crippen LogP) is 6.98. The summed E-state index contributed by atoms with van der Waals surface area (Å²) in [6, 6.07) is 16.7. The molecule has 0 spiro atoms. The van der Waals surface area contributed by atoms with Crippen LogP contribution in [0.5, 0.6) is 0 Å². The minimum atomic E-state index is 0.863. The normalized spacial score (nSPS) is 11.5. The van der Waals surface area contributed by atoms with Crippen LogP contribution in [0, 0.1) is 0 Å². The summed E-state index contributed by atoms with van der Waals surface area (Å²) in [6.07, 6.45) is 11.6. The van der Waals surface area contributed by atoms with E-state index in [-0.39, 0.29) is 0 Å². The zero-order chi connectivity index (χ0) is 17.9. The van der Waals surface area contributed by atoms with Gasteiger partial charge in [0.05, 0.1) is 0 Å². The molecule has 0 aliphatic heterocycles. The number of aldehydes is 1. The number of aryl methyl sites for hydroxylation is 1. The Morgan fingerprint density at radius 2 is 1.40 bits per heavy atom. The molecule has 25 heavy (non-hydrogen) atoms. The van der Waals surface area contributed by atoms with Gasteiger partial charge in [-0.15, -0.1) is 0 Å².